The first-order valence-electron chi connectivity index (χ1n) is 9.19. The second kappa shape index (κ2) is 7.78. The monoisotopic (exact) mass is 436 g/mol. The lowest BCUT2D eigenvalue weighted by Crippen LogP contribution is -2.36. The summed E-state index contributed by atoms with van der Waals surface area (Å²) in [4.78, 5) is 37.4. The van der Waals surface area contributed by atoms with Gasteiger partial charge in [0.25, 0.3) is 11.8 Å². The Bertz CT molecular complexity index is 1330. The van der Waals surface area contributed by atoms with Crippen molar-refractivity contribution in [3.8, 4) is 0 Å². The fraction of sp³-hybridized carbons (Fsp3) is 0.0455. The van der Waals surface area contributed by atoms with Crippen molar-refractivity contribution in [2.45, 2.75) is 4.90 Å². The molecule has 0 unspecified atom stereocenters. The van der Waals surface area contributed by atoms with Crippen LogP contribution in [-0.2, 0) is 10.0 Å². The zero-order valence-electron chi connectivity index (χ0n) is 16.0. The van der Waals surface area contributed by atoms with Crippen LogP contribution in [0.15, 0.2) is 77.8 Å². The van der Waals surface area contributed by atoms with Gasteiger partial charge in [-0.2, -0.15) is 0 Å². The van der Waals surface area contributed by atoms with Gasteiger partial charge in [0.1, 0.15) is 0 Å². The minimum Gasteiger partial charge on any atom is -0.478 e. The summed E-state index contributed by atoms with van der Waals surface area (Å²) in [7, 11) is -4.12. The molecule has 8 nitrogen and oxygen atoms in total. The summed E-state index contributed by atoms with van der Waals surface area (Å²) in [6.07, 6.45) is 2.52. The van der Waals surface area contributed by atoms with Crippen LogP contribution in [0.3, 0.4) is 0 Å². The van der Waals surface area contributed by atoms with Gasteiger partial charge in [-0.1, -0.05) is 42.5 Å². The van der Waals surface area contributed by atoms with E-state index in [2.05, 4.69) is 4.72 Å². The van der Waals surface area contributed by atoms with Crippen molar-refractivity contribution >= 4 is 38.6 Å². The Labute approximate surface area is 177 Å². The van der Waals surface area contributed by atoms with E-state index in [1.807, 2.05) is 12.1 Å². The number of rotatable bonds is 6. The number of aromatic carboxylic acids is 1. The molecule has 1 aliphatic heterocycles. The third kappa shape index (κ3) is 3.60. The Morgan fingerprint density at radius 2 is 1.55 bits per heavy atom. The zero-order chi connectivity index (χ0) is 22.2. The molecular weight excluding hydrogens is 420 g/mol. The molecule has 4 rings (SSSR count). The largest absolute Gasteiger partial charge is 0.478 e. The molecular formula is C22H16N2O6S. The molecule has 0 spiro atoms. The van der Waals surface area contributed by atoms with Crippen LogP contribution >= 0.6 is 0 Å². The van der Waals surface area contributed by atoms with Crippen molar-refractivity contribution in [3.63, 3.8) is 0 Å². The van der Waals surface area contributed by atoms with Gasteiger partial charge < -0.3 is 5.11 Å². The van der Waals surface area contributed by atoms with Crippen LogP contribution in [-0.4, -0.2) is 42.8 Å². The zero-order valence-corrected chi connectivity index (χ0v) is 16.8. The van der Waals surface area contributed by atoms with Gasteiger partial charge in [-0.25, -0.2) is 22.8 Å². The number of nitrogens with zero attached hydrogens (tertiary/aromatic N) is 1. The number of benzene rings is 3. The highest BCUT2D eigenvalue weighted by Gasteiger charge is 2.31. The smallest absolute Gasteiger partial charge is 0.337 e. The second-order valence-electron chi connectivity index (χ2n) is 6.73. The van der Waals surface area contributed by atoms with Crippen LogP contribution in [0.2, 0.25) is 0 Å². The van der Waals surface area contributed by atoms with E-state index in [1.54, 1.807) is 24.3 Å². The Morgan fingerprint density at radius 1 is 0.935 bits per heavy atom. The van der Waals surface area contributed by atoms with Crippen molar-refractivity contribution in [1.82, 2.24) is 9.62 Å². The summed E-state index contributed by atoms with van der Waals surface area (Å²) >= 11 is 0. The topological polar surface area (TPSA) is 121 Å². The van der Waals surface area contributed by atoms with E-state index < -0.39 is 27.8 Å². The molecule has 1 aliphatic rings. The lowest BCUT2D eigenvalue weighted by atomic mass is 9.94. The third-order valence-corrected chi connectivity index (χ3v) is 6.34. The number of carbonyl (C=O) groups excluding carboxylic acids is 2. The van der Waals surface area contributed by atoms with E-state index in [1.165, 1.54) is 36.5 Å². The van der Waals surface area contributed by atoms with E-state index in [0.717, 1.165) is 10.3 Å². The number of carbonyl (C=O) groups is 3. The minimum absolute atomic E-state index is 0.251. The molecule has 0 aliphatic carbocycles. The van der Waals surface area contributed by atoms with Gasteiger partial charge in [-0.15, -0.1) is 0 Å². The standard InChI is InChI=1S/C22H16N2O6S/c25-20-16-9-3-6-14-7-4-10-17(19(14)16)21(26)24(20)13-5-12-23-31(29,30)18-11-2-1-8-15(18)22(27)28/h1-11,13,23H,12H2,(H,27,28)/b13-5+. The molecule has 0 saturated carbocycles. The van der Waals surface area contributed by atoms with E-state index in [4.69, 9.17) is 0 Å². The summed E-state index contributed by atoms with van der Waals surface area (Å²) in [6.45, 7) is -0.251. The van der Waals surface area contributed by atoms with Crippen LogP contribution < -0.4 is 4.72 Å². The van der Waals surface area contributed by atoms with Crippen molar-refractivity contribution in [3.05, 3.63) is 89.6 Å². The van der Waals surface area contributed by atoms with Crippen LogP contribution in [0, 0.1) is 0 Å². The highest BCUT2D eigenvalue weighted by molar-refractivity contribution is 7.89. The number of carboxylic acids is 1. The van der Waals surface area contributed by atoms with Gasteiger partial charge in [0, 0.05) is 29.3 Å². The Hall–Kier alpha value is -3.82. The quantitative estimate of drug-likeness (QED) is 0.573. The first-order valence-corrected chi connectivity index (χ1v) is 10.7. The molecule has 0 fully saturated rings. The molecule has 3 aromatic carbocycles. The molecule has 1 heterocycles. The molecule has 3 aromatic rings. The number of nitrogens with one attached hydrogen (secondary N) is 1. The van der Waals surface area contributed by atoms with E-state index in [-0.39, 0.29) is 17.0 Å². The van der Waals surface area contributed by atoms with Gasteiger partial charge in [0.05, 0.1) is 10.5 Å². The lowest BCUT2D eigenvalue weighted by Gasteiger charge is -2.24. The number of imide groups is 1. The first kappa shape index (κ1) is 20.5. The normalized spacial score (nSPS) is 13.9. The molecule has 156 valence electrons. The molecule has 0 atom stereocenters. The van der Waals surface area contributed by atoms with Gasteiger partial charge in [0.2, 0.25) is 10.0 Å². The van der Waals surface area contributed by atoms with E-state index in [9.17, 15) is 27.9 Å². The summed E-state index contributed by atoms with van der Waals surface area (Å²) < 4.78 is 27.2. The average Bonchev–Trinajstić information content (AvgIpc) is 2.76. The van der Waals surface area contributed by atoms with Crippen LogP contribution in [0.25, 0.3) is 10.8 Å². The Kier molecular flexibility index (Phi) is 5.14. The molecule has 0 aromatic heterocycles. The fourth-order valence-corrected chi connectivity index (χ4v) is 4.63. The highest BCUT2D eigenvalue weighted by atomic mass is 32.2. The molecule has 2 N–H and O–H groups in total. The molecule has 0 radical (unpaired) electrons. The van der Waals surface area contributed by atoms with E-state index in [0.29, 0.717) is 16.5 Å². The van der Waals surface area contributed by atoms with Crippen LogP contribution in [0.1, 0.15) is 31.1 Å². The summed E-state index contributed by atoms with van der Waals surface area (Å²) in [5.41, 5.74) is 0.409. The van der Waals surface area contributed by atoms with Gasteiger partial charge in [-0.05, 0) is 29.7 Å². The number of carboxylic acid groups (broad SMARTS) is 1. The highest BCUT2D eigenvalue weighted by Crippen LogP contribution is 2.30. The predicted molar refractivity (Wildman–Crippen MR) is 112 cm³/mol. The predicted octanol–water partition coefficient (Wildman–Crippen LogP) is 2.63. The Morgan fingerprint density at radius 3 is 2.16 bits per heavy atom. The van der Waals surface area contributed by atoms with Crippen molar-refractivity contribution < 1.29 is 27.9 Å². The van der Waals surface area contributed by atoms with Crippen LogP contribution in [0.4, 0.5) is 0 Å². The van der Waals surface area contributed by atoms with Gasteiger partial charge >= 0.3 is 5.97 Å². The Balaban J connectivity index is 1.55. The number of amides is 2. The first-order chi connectivity index (χ1) is 14.8. The fourth-order valence-electron chi connectivity index (χ4n) is 3.46. The number of hydrogen-bond donors (Lipinski definition) is 2. The van der Waals surface area contributed by atoms with Crippen LogP contribution in [0.5, 0.6) is 0 Å². The molecule has 2 amide bonds. The number of hydrogen-bond acceptors (Lipinski definition) is 5. The summed E-state index contributed by atoms with van der Waals surface area (Å²) in [6, 6.07) is 15.6. The van der Waals surface area contributed by atoms with Crippen molar-refractivity contribution in [2.75, 3.05) is 6.54 Å². The van der Waals surface area contributed by atoms with Gasteiger partial charge in [0.15, 0.2) is 0 Å². The van der Waals surface area contributed by atoms with Crippen molar-refractivity contribution in [1.29, 1.82) is 0 Å². The lowest BCUT2D eigenvalue weighted by molar-refractivity contribution is 0.0671. The average molecular weight is 436 g/mol. The third-order valence-electron chi connectivity index (χ3n) is 4.86. The molecule has 31 heavy (non-hydrogen) atoms. The SMILES string of the molecule is O=C(O)c1ccccc1S(=O)(=O)NC/C=C/N1C(=O)c2cccc3cccc(c23)C1=O. The van der Waals surface area contributed by atoms with E-state index >= 15 is 0 Å². The molecule has 9 heteroatoms. The maximum Gasteiger partial charge on any atom is 0.337 e. The second-order valence-corrected chi connectivity index (χ2v) is 8.46. The molecule has 0 bridgehead atoms. The summed E-state index contributed by atoms with van der Waals surface area (Å²) in [5.74, 6) is -2.39. The number of sulfonamides is 1. The molecule has 0 saturated heterocycles. The maximum atomic E-state index is 12.8. The van der Waals surface area contributed by atoms with Crippen molar-refractivity contribution in [2.24, 2.45) is 0 Å². The minimum atomic E-state index is -4.12. The van der Waals surface area contributed by atoms with Gasteiger partial charge in [-0.3, -0.25) is 9.59 Å². The maximum absolute atomic E-state index is 12.8. The summed E-state index contributed by atoms with van der Waals surface area (Å²) in [5, 5.41) is 10.6.